The van der Waals surface area contributed by atoms with Gasteiger partial charge in [-0.3, -0.25) is 9.59 Å². The van der Waals surface area contributed by atoms with E-state index in [4.69, 9.17) is 10.2 Å². The van der Waals surface area contributed by atoms with Crippen LogP contribution in [-0.2, 0) is 19.4 Å². The molecule has 108 valence electrons. The van der Waals surface area contributed by atoms with Crippen LogP contribution in [-0.4, -0.2) is 66.1 Å². The van der Waals surface area contributed by atoms with E-state index in [2.05, 4.69) is 0 Å². The van der Waals surface area contributed by atoms with E-state index >= 15 is 0 Å². The highest BCUT2D eigenvalue weighted by molar-refractivity contribution is 7.91. The number of rotatable bonds is 5. The fraction of sp³-hybridized carbons (Fsp3) is 0.818. The number of carboxylic acid groups (broad SMARTS) is 1. The molecule has 1 saturated heterocycles. The molecule has 19 heavy (non-hydrogen) atoms. The first kappa shape index (κ1) is 14.3. The van der Waals surface area contributed by atoms with Gasteiger partial charge in [0.1, 0.15) is 0 Å². The van der Waals surface area contributed by atoms with E-state index in [0.717, 1.165) is 0 Å². The maximum atomic E-state index is 12.2. The highest BCUT2D eigenvalue weighted by Crippen LogP contribution is 2.40. The largest absolute Gasteiger partial charge is 0.481 e. The Morgan fingerprint density at radius 3 is 2.37 bits per heavy atom. The average molecular weight is 291 g/mol. The Balaban J connectivity index is 2.05. The number of carbonyl (C=O) groups excluding carboxylic acids is 1. The molecule has 3 unspecified atom stereocenters. The van der Waals surface area contributed by atoms with E-state index in [1.165, 1.54) is 4.90 Å². The average Bonchev–Trinajstić information content (AvgIpc) is 3.05. The van der Waals surface area contributed by atoms with Crippen molar-refractivity contribution in [3.05, 3.63) is 0 Å². The van der Waals surface area contributed by atoms with Crippen LogP contribution in [0, 0.1) is 11.8 Å². The molecule has 2 fully saturated rings. The Morgan fingerprint density at radius 2 is 1.95 bits per heavy atom. The smallest absolute Gasteiger partial charge is 0.307 e. The second-order valence-corrected chi connectivity index (χ2v) is 7.33. The van der Waals surface area contributed by atoms with E-state index < -0.39 is 33.7 Å². The minimum atomic E-state index is -3.12. The molecule has 1 heterocycles. The summed E-state index contributed by atoms with van der Waals surface area (Å²) in [7, 11) is -3.12. The molecule has 8 heteroatoms. The van der Waals surface area contributed by atoms with Crippen molar-refractivity contribution in [1.82, 2.24) is 4.90 Å². The van der Waals surface area contributed by atoms with Gasteiger partial charge < -0.3 is 15.1 Å². The van der Waals surface area contributed by atoms with Gasteiger partial charge in [0.05, 0.1) is 29.9 Å². The van der Waals surface area contributed by atoms with Crippen LogP contribution in [0.1, 0.15) is 12.8 Å². The lowest BCUT2D eigenvalue weighted by molar-refractivity contribution is -0.142. The molecule has 0 spiro atoms. The number of aliphatic carboxylic acids is 1. The number of carbonyl (C=O) groups is 2. The van der Waals surface area contributed by atoms with Crippen LogP contribution in [0.4, 0.5) is 0 Å². The van der Waals surface area contributed by atoms with Crippen LogP contribution in [0.25, 0.3) is 0 Å². The van der Waals surface area contributed by atoms with Gasteiger partial charge in [0.15, 0.2) is 9.84 Å². The van der Waals surface area contributed by atoms with Gasteiger partial charge in [-0.2, -0.15) is 0 Å². The third kappa shape index (κ3) is 3.06. The number of hydrogen-bond acceptors (Lipinski definition) is 5. The van der Waals surface area contributed by atoms with Gasteiger partial charge in [-0.15, -0.1) is 0 Å². The second-order valence-electron chi connectivity index (χ2n) is 5.10. The zero-order chi connectivity index (χ0) is 14.2. The number of aliphatic hydroxyl groups is 1. The predicted molar refractivity (Wildman–Crippen MR) is 65.1 cm³/mol. The standard InChI is InChI=1S/C11H17NO6S/c13-3-2-12(7-1-4-19(17,18)6-7)10(14)8-5-9(8)11(15)16/h7-9,13H,1-6H2,(H,15,16). The molecule has 0 bridgehead atoms. The van der Waals surface area contributed by atoms with Gasteiger partial charge in [-0.25, -0.2) is 8.42 Å². The maximum Gasteiger partial charge on any atom is 0.307 e. The quantitative estimate of drug-likeness (QED) is 0.652. The number of carboxylic acids is 1. The van der Waals surface area contributed by atoms with E-state index in [1.54, 1.807) is 0 Å². The van der Waals surface area contributed by atoms with Gasteiger partial charge in [0.2, 0.25) is 5.91 Å². The minimum Gasteiger partial charge on any atom is -0.481 e. The van der Waals surface area contributed by atoms with E-state index in [0.29, 0.717) is 12.8 Å². The first-order valence-corrected chi connectivity index (χ1v) is 8.02. The molecule has 1 aliphatic carbocycles. The summed E-state index contributed by atoms with van der Waals surface area (Å²) in [5.74, 6) is -2.62. The number of hydrogen-bond donors (Lipinski definition) is 2. The van der Waals surface area contributed by atoms with Crippen molar-refractivity contribution in [2.24, 2.45) is 11.8 Å². The molecule has 1 aliphatic heterocycles. The van der Waals surface area contributed by atoms with Crippen LogP contribution in [0.3, 0.4) is 0 Å². The van der Waals surface area contributed by atoms with E-state index in [1.807, 2.05) is 0 Å². The number of amides is 1. The van der Waals surface area contributed by atoms with Crippen LogP contribution in [0.15, 0.2) is 0 Å². The fourth-order valence-electron chi connectivity index (χ4n) is 2.56. The third-order valence-corrected chi connectivity index (χ3v) is 5.45. The van der Waals surface area contributed by atoms with Crippen LogP contribution < -0.4 is 0 Å². The summed E-state index contributed by atoms with van der Waals surface area (Å²) in [6, 6.07) is -0.431. The lowest BCUT2D eigenvalue weighted by Gasteiger charge is -2.27. The molecule has 1 saturated carbocycles. The summed E-state index contributed by atoms with van der Waals surface area (Å²) < 4.78 is 22.9. The molecule has 0 aromatic heterocycles. The zero-order valence-electron chi connectivity index (χ0n) is 10.4. The van der Waals surface area contributed by atoms with Crippen molar-refractivity contribution in [3.63, 3.8) is 0 Å². The van der Waals surface area contributed by atoms with Crippen molar-refractivity contribution >= 4 is 21.7 Å². The molecule has 1 amide bonds. The highest BCUT2D eigenvalue weighted by Gasteiger charge is 2.51. The fourth-order valence-corrected chi connectivity index (χ4v) is 4.29. The summed E-state index contributed by atoms with van der Waals surface area (Å²) in [5.41, 5.74) is 0. The van der Waals surface area contributed by atoms with Crippen molar-refractivity contribution in [2.75, 3.05) is 24.7 Å². The van der Waals surface area contributed by atoms with Gasteiger partial charge >= 0.3 is 5.97 Å². The Labute approximate surface area is 111 Å². The van der Waals surface area contributed by atoms with Gasteiger partial charge in [-0.05, 0) is 12.8 Å². The number of aliphatic hydroxyl groups excluding tert-OH is 1. The molecule has 0 aromatic carbocycles. The monoisotopic (exact) mass is 291 g/mol. The maximum absolute atomic E-state index is 12.2. The molecule has 3 atom stereocenters. The van der Waals surface area contributed by atoms with Crippen LogP contribution in [0.5, 0.6) is 0 Å². The first-order valence-electron chi connectivity index (χ1n) is 6.20. The summed E-state index contributed by atoms with van der Waals surface area (Å²) in [6.45, 7) is -0.200. The lowest BCUT2D eigenvalue weighted by atomic mass is 10.2. The summed E-state index contributed by atoms with van der Waals surface area (Å²) >= 11 is 0. The lowest BCUT2D eigenvalue weighted by Crippen LogP contribution is -2.44. The summed E-state index contributed by atoms with van der Waals surface area (Å²) in [5, 5.41) is 17.8. The molecule has 2 aliphatic rings. The Morgan fingerprint density at radius 1 is 1.26 bits per heavy atom. The molecule has 0 aromatic rings. The second kappa shape index (κ2) is 5.09. The number of nitrogens with zero attached hydrogens (tertiary/aromatic N) is 1. The Hall–Kier alpha value is -1.15. The predicted octanol–water partition coefficient (Wildman–Crippen LogP) is -1.28. The van der Waals surface area contributed by atoms with Crippen molar-refractivity contribution in [3.8, 4) is 0 Å². The van der Waals surface area contributed by atoms with Crippen LogP contribution in [0.2, 0.25) is 0 Å². The molecule has 7 nitrogen and oxygen atoms in total. The summed E-state index contributed by atoms with van der Waals surface area (Å²) in [6.07, 6.45) is 0.661. The zero-order valence-corrected chi connectivity index (χ0v) is 11.2. The molecule has 2 N–H and O–H groups in total. The SMILES string of the molecule is O=C(O)C1CC1C(=O)N(CCO)C1CCS(=O)(=O)C1. The van der Waals surface area contributed by atoms with Crippen molar-refractivity contribution in [2.45, 2.75) is 18.9 Å². The molecular weight excluding hydrogens is 274 g/mol. The van der Waals surface area contributed by atoms with Gasteiger partial charge in [-0.1, -0.05) is 0 Å². The molecule has 0 radical (unpaired) electrons. The minimum absolute atomic E-state index is 0.0416. The van der Waals surface area contributed by atoms with Gasteiger partial charge in [0.25, 0.3) is 0 Å². The Kier molecular flexibility index (Phi) is 3.82. The number of sulfone groups is 1. The van der Waals surface area contributed by atoms with Crippen LogP contribution >= 0.6 is 0 Å². The normalized spacial score (nSPS) is 31.9. The molecular formula is C11H17NO6S. The van der Waals surface area contributed by atoms with Gasteiger partial charge in [0, 0.05) is 12.6 Å². The van der Waals surface area contributed by atoms with E-state index in [-0.39, 0.29) is 30.6 Å². The van der Waals surface area contributed by atoms with E-state index in [9.17, 15) is 18.0 Å². The summed E-state index contributed by atoms with van der Waals surface area (Å²) in [4.78, 5) is 24.3. The Bertz CT molecular complexity index is 487. The molecule has 2 rings (SSSR count). The van der Waals surface area contributed by atoms with Crippen molar-refractivity contribution < 1.29 is 28.2 Å². The third-order valence-electron chi connectivity index (χ3n) is 3.70. The van der Waals surface area contributed by atoms with Crippen molar-refractivity contribution in [1.29, 1.82) is 0 Å². The highest BCUT2D eigenvalue weighted by atomic mass is 32.2. The topological polar surface area (TPSA) is 112 Å². The first-order chi connectivity index (χ1) is 8.85.